The first-order valence-electron chi connectivity index (χ1n) is 9.77. The zero-order chi connectivity index (χ0) is 26.7. The van der Waals surface area contributed by atoms with Crippen LogP contribution < -0.4 is 21.5 Å². The van der Waals surface area contributed by atoms with Gasteiger partial charge in [-0.3, -0.25) is 14.6 Å². The quantitative estimate of drug-likeness (QED) is 0.165. The molecule has 1 aromatic heterocycles. The highest BCUT2D eigenvalue weighted by atomic mass is 79.9. The van der Waals surface area contributed by atoms with Crippen molar-refractivity contribution >= 4 is 62.5 Å². The number of amides is 2. The lowest BCUT2D eigenvalue weighted by molar-refractivity contribution is -0.113. The van der Waals surface area contributed by atoms with Crippen molar-refractivity contribution in [3.8, 4) is 0 Å². The monoisotopic (exact) mass is 593 g/mol. The molecule has 188 valence electrons. The Morgan fingerprint density at radius 1 is 1.20 bits per heavy atom. The lowest BCUT2D eigenvalue weighted by Gasteiger charge is -2.24. The number of rotatable bonds is 6. The molecule has 0 aliphatic heterocycles. The molecular weight excluding hydrogens is 574 g/mol. The lowest BCUT2D eigenvalue weighted by atomic mass is 10.1. The molecule has 2 amide bonds. The Bertz CT molecular complexity index is 1200. The molecule has 0 bridgehead atoms. The number of allylic oxidation sites excluding steroid dienone is 2. The zero-order valence-electron chi connectivity index (χ0n) is 18.7. The largest absolute Gasteiger partial charge is 0.415 e. The molecule has 4 N–H and O–H groups in total. The Morgan fingerprint density at radius 2 is 1.83 bits per heavy atom. The summed E-state index contributed by atoms with van der Waals surface area (Å²) in [5.41, 5.74) is -2.90. The van der Waals surface area contributed by atoms with E-state index < -0.39 is 34.8 Å². The van der Waals surface area contributed by atoms with Gasteiger partial charge in [0.05, 0.1) is 26.9 Å². The molecule has 0 radical (unpaired) electrons. The number of alkyl halides is 3. The molecular formula is C22H21BrCl2F3N5O2. The predicted molar refractivity (Wildman–Crippen MR) is 134 cm³/mol. The maximum absolute atomic E-state index is 13.2. The van der Waals surface area contributed by atoms with E-state index in [1.165, 1.54) is 30.5 Å². The summed E-state index contributed by atoms with van der Waals surface area (Å²) in [6, 6.07) is 5.66. The number of pyridine rings is 1. The summed E-state index contributed by atoms with van der Waals surface area (Å²) >= 11 is 15.6. The van der Waals surface area contributed by atoms with Crippen molar-refractivity contribution in [1.82, 2.24) is 10.3 Å². The number of carbonyl (C=O) groups is 2. The third kappa shape index (κ3) is 7.69. The summed E-state index contributed by atoms with van der Waals surface area (Å²) in [7, 11) is 0. The number of nitrogens with one attached hydrogen (secondary N) is 2. The van der Waals surface area contributed by atoms with Gasteiger partial charge in [-0.05, 0) is 51.1 Å². The van der Waals surface area contributed by atoms with E-state index in [4.69, 9.17) is 29.0 Å². The molecule has 0 spiro atoms. The van der Waals surface area contributed by atoms with E-state index in [2.05, 4.69) is 38.1 Å². The molecule has 0 unspecified atom stereocenters. The van der Waals surface area contributed by atoms with E-state index in [0.29, 0.717) is 15.6 Å². The van der Waals surface area contributed by atoms with Gasteiger partial charge in [0.1, 0.15) is 5.70 Å². The summed E-state index contributed by atoms with van der Waals surface area (Å²) in [6.07, 6.45) is -3.13. The Balaban J connectivity index is 2.58. The molecule has 7 nitrogen and oxygen atoms in total. The first-order chi connectivity index (χ1) is 16.0. The van der Waals surface area contributed by atoms with E-state index in [0.717, 1.165) is 0 Å². The van der Waals surface area contributed by atoms with Gasteiger partial charge in [0.2, 0.25) is 0 Å². The van der Waals surface area contributed by atoms with Crippen LogP contribution >= 0.6 is 39.1 Å². The van der Waals surface area contributed by atoms with Crippen LogP contribution in [-0.4, -0.2) is 28.5 Å². The number of halogens is 6. The van der Waals surface area contributed by atoms with Crippen molar-refractivity contribution in [2.75, 3.05) is 10.3 Å². The van der Waals surface area contributed by atoms with Gasteiger partial charge >= 0.3 is 6.18 Å². The molecule has 1 heterocycles. The number of carbonyl (C=O) groups excluding carboxylic acids is 2. The zero-order valence-corrected chi connectivity index (χ0v) is 21.8. The van der Waals surface area contributed by atoms with Crippen LogP contribution in [0.5, 0.6) is 0 Å². The number of nitrogens with zero attached hydrogens (tertiary/aromatic N) is 2. The maximum atomic E-state index is 13.2. The van der Waals surface area contributed by atoms with Gasteiger partial charge in [0, 0.05) is 16.2 Å². The highest BCUT2D eigenvalue weighted by Gasteiger charge is 2.33. The molecule has 0 saturated heterocycles. The van der Waals surface area contributed by atoms with E-state index in [9.17, 15) is 22.8 Å². The second-order valence-corrected chi connectivity index (χ2v) is 9.93. The van der Waals surface area contributed by atoms with Crippen LogP contribution in [0.4, 0.5) is 24.7 Å². The minimum Gasteiger partial charge on any atom is -0.347 e. The standard InChI is InChI=1S/C22H21BrCl2F3N5O2/c1-11(22(26,27)28)8-16(33(29)18-14(24)6-5-7-30-18)20(35)31-17-13(9-12(23)10-15(17)25)19(34)32-21(2,3)4/h5-10H,1,29H2,2-4H3,(H,31,35)(H,32,34)/b16-8-. The van der Waals surface area contributed by atoms with Crippen molar-refractivity contribution in [2.24, 2.45) is 5.84 Å². The van der Waals surface area contributed by atoms with Crippen LogP contribution in [0.3, 0.4) is 0 Å². The Labute approximate surface area is 218 Å². The summed E-state index contributed by atoms with van der Waals surface area (Å²) in [6.45, 7) is 8.19. The average molecular weight is 595 g/mol. The van der Waals surface area contributed by atoms with E-state index in [1.807, 2.05) is 0 Å². The summed E-state index contributed by atoms with van der Waals surface area (Å²) in [4.78, 5) is 30.0. The highest BCUT2D eigenvalue weighted by Crippen LogP contribution is 2.33. The normalized spacial score (nSPS) is 12.2. The molecule has 2 rings (SSSR count). The average Bonchev–Trinajstić information content (AvgIpc) is 2.71. The van der Waals surface area contributed by atoms with Crippen molar-refractivity contribution in [3.05, 3.63) is 74.5 Å². The van der Waals surface area contributed by atoms with Gasteiger partial charge in [0.25, 0.3) is 11.8 Å². The summed E-state index contributed by atoms with van der Waals surface area (Å²) in [5, 5.41) is 5.60. The van der Waals surface area contributed by atoms with E-state index >= 15 is 0 Å². The van der Waals surface area contributed by atoms with Gasteiger partial charge in [-0.2, -0.15) is 13.2 Å². The van der Waals surface area contributed by atoms with Gasteiger partial charge in [0.15, 0.2) is 5.82 Å². The molecule has 35 heavy (non-hydrogen) atoms. The molecule has 1 aromatic carbocycles. The summed E-state index contributed by atoms with van der Waals surface area (Å²) in [5.74, 6) is 4.05. The molecule has 0 fully saturated rings. The fourth-order valence-electron chi connectivity index (χ4n) is 2.63. The SMILES string of the molecule is C=C(/C=C(/C(=O)Nc1c(Cl)cc(Br)cc1C(=O)NC(C)(C)C)N(N)c1ncccc1Cl)C(F)(F)F. The summed E-state index contributed by atoms with van der Waals surface area (Å²) < 4.78 is 40.1. The first-order valence-corrected chi connectivity index (χ1v) is 11.3. The molecule has 13 heteroatoms. The Kier molecular flexibility index (Phi) is 8.99. The fraction of sp³-hybridized carbons (Fsp3) is 0.227. The molecule has 0 aliphatic carbocycles. The number of benzene rings is 1. The van der Waals surface area contributed by atoms with E-state index in [-0.39, 0.29) is 27.1 Å². The Morgan fingerprint density at radius 3 is 2.37 bits per heavy atom. The Hall–Kier alpha value is -2.60. The third-order valence-corrected chi connectivity index (χ3v) is 5.21. The van der Waals surface area contributed by atoms with E-state index in [1.54, 1.807) is 20.8 Å². The van der Waals surface area contributed by atoms with Crippen LogP contribution in [0.1, 0.15) is 31.1 Å². The predicted octanol–water partition coefficient (Wildman–Crippen LogP) is 6.00. The number of anilines is 2. The van der Waals surface area contributed by atoms with Crippen LogP contribution in [0.2, 0.25) is 10.0 Å². The molecule has 0 atom stereocenters. The topological polar surface area (TPSA) is 100 Å². The second kappa shape index (κ2) is 11.0. The van der Waals surface area contributed by atoms with Crippen molar-refractivity contribution in [2.45, 2.75) is 32.5 Å². The van der Waals surface area contributed by atoms with Crippen molar-refractivity contribution < 1.29 is 22.8 Å². The van der Waals surface area contributed by atoms with Crippen LogP contribution in [0.15, 0.2) is 58.9 Å². The van der Waals surface area contributed by atoms with Gasteiger partial charge in [-0.1, -0.05) is 45.7 Å². The number of aromatic nitrogens is 1. The maximum Gasteiger partial charge on any atom is 0.415 e. The molecule has 0 aliphatic rings. The van der Waals surface area contributed by atoms with Crippen LogP contribution in [-0.2, 0) is 4.79 Å². The number of hydrogen-bond acceptors (Lipinski definition) is 5. The first kappa shape index (κ1) is 28.6. The van der Waals surface area contributed by atoms with Crippen molar-refractivity contribution in [1.29, 1.82) is 0 Å². The van der Waals surface area contributed by atoms with Gasteiger partial charge < -0.3 is 10.6 Å². The number of hydrogen-bond donors (Lipinski definition) is 3. The minimum atomic E-state index is -4.85. The van der Waals surface area contributed by atoms with Crippen LogP contribution in [0.25, 0.3) is 0 Å². The second-order valence-electron chi connectivity index (χ2n) is 8.20. The number of hydrazine groups is 1. The smallest absolute Gasteiger partial charge is 0.347 e. The number of nitrogens with two attached hydrogens (primary N) is 1. The fourth-order valence-corrected chi connectivity index (χ4v) is 3.69. The van der Waals surface area contributed by atoms with Crippen LogP contribution in [0, 0.1) is 0 Å². The van der Waals surface area contributed by atoms with Gasteiger partial charge in [-0.25, -0.2) is 10.8 Å². The third-order valence-electron chi connectivity index (χ3n) is 4.16. The minimum absolute atomic E-state index is 0.0294. The molecule has 2 aromatic rings. The molecule has 0 saturated carbocycles. The van der Waals surface area contributed by atoms with Crippen molar-refractivity contribution in [3.63, 3.8) is 0 Å². The highest BCUT2D eigenvalue weighted by molar-refractivity contribution is 9.10. The lowest BCUT2D eigenvalue weighted by Crippen LogP contribution is -2.41. The van der Waals surface area contributed by atoms with Gasteiger partial charge in [-0.15, -0.1) is 0 Å².